The number of rotatable bonds is 9. The maximum atomic E-state index is 12.1. The Hall–Kier alpha value is -1.55. The molecule has 1 amide bonds. The molecule has 0 heterocycles. The van der Waals surface area contributed by atoms with Crippen LogP contribution in [0.15, 0.2) is 30.3 Å². The Kier molecular flexibility index (Phi) is 8.70. The van der Waals surface area contributed by atoms with Crippen LogP contribution in [0.25, 0.3) is 0 Å². The third-order valence-corrected chi connectivity index (χ3v) is 3.46. The molecule has 1 aromatic carbocycles. The van der Waals surface area contributed by atoms with Gasteiger partial charge >= 0.3 is 6.09 Å². The number of alkyl carbamates (subject to hydrolysis) is 1. The van der Waals surface area contributed by atoms with Crippen molar-refractivity contribution in [3.63, 3.8) is 0 Å². The molecule has 23 heavy (non-hydrogen) atoms. The zero-order chi connectivity index (χ0) is 17.1. The molecule has 2 N–H and O–H groups in total. The number of hydrogen-bond acceptors (Lipinski definition) is 3. The predicted molar refractivity (Wildman–Crippen MR) is 95.6 cm³/mol. The molecule has 0 aliphatic heterocycles. The molecule has 0 aromatic heterocycles. The third kappa shape index (κ3) is 9.24. The highest BCUT2D eigenvalue weighted by Crippen LogP contribution is 2.17. The molecule has 0 spiro atoms. The van der Waals surface area contributed by atoms with Crippen molar-refractivity contribution in [2.75, 3.05) is 13.1 Å². The third-order valence-electron chi connectivity index (χ3n) is 3.46. The standard InChI is InChI=1S/C19H32N2O2/c1-5-6-10-14-20-15-13-17(16-11-8-7-9-12-16)21-18(22)23-19(2,3)4/h7-9,11-12,17,20H,5-6,10,13-15H2,1-4H3,(H,21,22). The van der Waals surface area contributed by atoms with E-state index in [9.17, 15) is 4.79 Å². The largest absolute Gasteiger partial charge is 0.444 e. The highest BCUT2D eigenvalue weighted by molar-refractivity contribution is 5.68. The van der Waals surface area contributed by atoms with E-state index in [2.05, 4.69) is 17.6 Å². The van der Waals surface area contributed by atoms with Crippen molar-refractivity contribution in [3.8, 4) is 0 Å². The van der Waals surface area contributed by atoms with E-state index in [1.807, 2.05) is 51.1 Å². The van der Waals surface area contributed by atoms with Gasteiger partial charge in [-0.05, 0) is 52.3 Å². The van der Waals surface area contributed by atoms with Gasteiger partial charge in [-0.15, -0.1) is 0 Å². The molecule has 0 aliphatic rings. The van der Waals surface area contributed by atoms with Crippen LogP contribution in [-0.4, -0.2) is 24.8 Å². The van der Waals surface area contributed by atoms with Crippen LogP contribution in [0.5, 0.6) is 0 Å². The fraction of sp³-hybridized carbons (Fsp3) is 0.632. The lowest BCUT2D eigenvalue weighted by molar-refractivity contribution is 0.0501. The van der Waals surface area contributed by atoms with E-state index in [0.717, 1.165) is 25.1 Å². The molecule has 4 nitrogen and oxygen atoms in total. The number of amides is 1. The van der Waals surface area contributed by atoms with E-state index in [-0.39, 0.29) is 12.1 Å². The summed E-state index contributed by atoms with van der Waals surface area (Å²) >= 11 is 0. The van der Waals surface area contributed by atoms with E-state index in [1.54, 1.807) is 0 Å². The quantitative estimate of drug-likeness (QED) is 0.662. The minimum absolute atomic E-state index is 0.0373. The molecular formula is C19H32N2O2. The van der Waals surface area contributed by atoms with Crippen LogP contribution in [0.4, 0.5) is 4.79 Å². The van der Waals surface area contributed by atoms with Crippen molar-refractivity contribution in [3.05, 3.63) is 35.9 Å². The number of carbonyl (C=O) groups is 1. The lowest BCUT2D eigenvalue weighted by Gasteiger charge is -2.24. The van der Waals surface area contributed by atoms with Crippen LogP contribution in [0.3, 0.4) is 0 Å². The van der Waals surface area contributed by atoms with Crippen molar-refractivity contribution in [2.24, 2.45) is 0 Å². The lowest BCUT2D eigenvalue weighted by Crippen LogP contribution is -2.36. The summed E-state index contributed by atoms with van der Waals surface area (Å²) < 4.78 is 5.38. The van der Waals surface area contributed by atoms with Crippen molar-refractivity contribution in [1.82, 2.24) is 10.6 Å². The van der Waals surface area contributed by atoms with Crippen LogP contribution in [0, 0.1) is 0 Å². The second-order valence-corrected chi connectivity index (χ2v) is 6.86. The van der Waals surface area contributed by atoms with Crippen LogP contribution in [0.1, 0.15) is 65.0 Å². The van der Waals surface area contributed by atoms with Gasteiger partial charge in [0.25, 0.3) is 0 Å². The molecule has 1 unspecified atom stereocenters. The highest BCUT2D eigenvalue weighted by atomic mass is 16.6. The normalized spacial score (nSPS) is 12.7. The Bertz CT molecular complexity index is 440. The van der Waals surface area contributed by atoms with Gasteiger partial charge in [0.05, 0.1) is 6.04 Å². The smallest absolute Gasteiger partial charge is 0.408 e. The minimum Gasteiger partial charge on any atom is -0.444 e. The van der Waals surface area contributed by atoms with E-state index >= 15 is 0 Å². The van der Waals surface area contributed by atoms with Gasteiger partial charge in [0.2, 0.25) is 0 Å². The number of carbonyl (C=O) groups excluding carboxylic acids is 1. The first-order valence-electron chi connectivity index (χ1n) is 8.67. The van der Waals surface area contributed by atoms with Crippen molar-refractivity contribution in [2.45, 2.75) is 65.0 Å². The van der Waals surface area contributed by atoms with Gasteiger partial charge in [-0.3, -0.25) is 0 Å². The van der Waals surface area contributed by atoms with Crippen LogP contribution >= 0.6 is 0 Å². The molecule has 1 rings (SSSR count). The Balaban J connectivity index is 2.52. The van der Waals surface area contributed by atoms with Gasteiger partial charge in [-0.25, -0.2) is 4.79 Å². The van der Waals surface area contributed by atoms with Crippen molar-refractivity contribution >= 4 is 6.09 Å². The molecule has 0 radical (unpaired) electrons. The van der Waals surface area contributed by atoms with Gasteiger partial charge in [0.1, 0.15) is 5.60 Å². The molecule has 0 aliphatic carbocycles. The first-order valence-corrected chi connectivity index (χ1v) is 8.67. The molecule has 1 aromatic rings. The Morgan fingerprint density at radius 3 is 2.43 bits per heavy atom. The van der Waals surface area contributed by atoms with E-state index in [4.69, 9.17) is 4.74 Å². The predicted octanol–water partition coefficient (Wildman–Crippen LogP) is 4.42. The summed E-state index contributed by atoms with van der Waals surface area (Å²) in [5.74, 6) is 0. The summed E-state index contributed by atoms with van der Waals surface area (Å²) in [4.78, 5) is 12.1. The first-order chi connectivity index (χ1) is 10.9. The fourth-order valence-electron chi connectivity index (χ4n) is 2.33. The van der Waals surface area contributed by atoms with Gasteiger partial charge < -0.3 is 15.4 Å². The topological polar surface area (TPSA) is 50.4 Å². The number of ether oxygens (including phenoxy) is 1. The van der Waals surface area contributed by atoms with Crippen molar-refractivity contribution < 1.29 is 9.53 Å². The first kappa shape index (κ1) is 19.5. The van der Waals surface area contributed by atoms with Crippen LogP contribution in [0.2, 0.25) is 0 Å². The highest BCUT2D eigenvalue weighted by Gasteiger charge is 2.20. The SMILES string of the molecule is CCCCCNCCC(NC(=O)OC(C)(C)C)c1ccccc1. The zero-order valence-electron chi connectivity index (χ0n) is 15.0. The maximum absolute atomic E-state index is 12.1. The van der Waals surface area contributed by atoms with Gasteiger partial charge in [0, 0.05) is 0 Å². The Labute approximate surface area is 141 Å². The number of benzene rings is 1. The average Bonchev–Trinajstić information content (AvgIpc) is 2.48. The van der Waals surface area contributed by atoms with E-state index in [0.29, 0.717) is 0 Å². The molecule has 0 saturated heterocycles. The molecule has 0 fully saturated rings. The monoisotopic (exact) mass is 320 g/mol. The zero-order valence-corrected chi connectivity index (χ0v) is 15.0. The lowest BCUT2D eigenvalue weighted by atomic mass is 10.0. The molecule has 0 saturated carbocycles. The summed E-state index contributed by atoms with van der Waals surface area (Å²) in [6.07, 6.45) is 4.17. The minimum atomic E-state index is -0.482. The summed E-state index contributed by atoms with van der Waals surface area (Å²) in [6, 6.07) is 10.0. The summed E-state index contributed by atoms with van der Waals surface area (Å²) in [7, 11) is 0. The van der Waals surface area contributed by atoms with Gasteiger partial charge in [-0.1, -0.05) is 50.1 Å². The molecule has 4 heteroatoms. The molecule has 1 atom stereocenters. The average molecular weight is 320 g/mol. The molecular weight excluding hydrogens is 288 g/mol. The van der Waals surface area contributed by atoms with Crippen LogP contribution < -0.4 is 10.6 Å². The summed E-state index contributed by atoms with van der Waals surface area (Å²) in [6.45, 7) is 9.73. The number of unbranched alkanes of at least 4 members (excludes halogenated alkanes) is 2. The fourth-order valence-corrected chi connectivity index (χ4v) is 2.33. The van der Waals surface area contributed by atoms with Crippen molar-refractivity contribution in [1.29, 1.82) is 0 Å². The Morgan fingerprint density at radius 2 is 1.83 bits per heavy atom. The number of hydrogen-bond donors (Lipinski definition) is 2. The van der Waals surface area contributed by atoms with E-state index in [1.165, 1.54) is 19.3 Å². The number of nitrogens with one attached hydrogen (secondary N) is 2. The second-order valence-electron chi connectivity index (χ2n) is 6.86. The summed E-state index contributed by atoms with van der Waals surface area (Å²) in [5, 5.41) is 6.44. The second kappa shape index (κ2) is 10.3. The maximum Gasteiger partial charge on any atom is 0.408 e. The summed E-state index contributed by atoms with van der Waals surface area (Å²) in [5.41, 5.74) is 0.623. The van der Waals surface area contributed by atoms with E-state index < -0.39 is 5.60 Å². The molecule has 130 valence electrons. The van der Waals surface area contributed by atoms with Crippen LogP contribution in [-0.2, 0) is 4.74 Å². The Morgan fingerprint density at radius 1 is 1.13 bits per heavy atom. The van der Waals surface area contributed by atoms with Gasteiger partial charge in [0.15, 0.2) is 0 Å². The van der Waals surface area contributed by atoms with Gasteiger partial charge in [-0.2, -0.15) is 0 Å². The molecule has 0 bridgehead atoms.